The first kappa shape index (κ1) is 10.2. The molecule has 0 saturated carbocycles. The van der Waals surface area contributed by atoms with E-state index in [2.05, 4.69) is 9.97 Å². The van der Waals surface area contributed by atoms with E-state index in [1.165, 1.54) is 6.07 Å². The fourth-order valence-corrected chi connectivity index (χ4v) is 1.55. The highest BCUT2D eigenvalue weighted by molar-refractivity contribution is 6.16. The number of aryl methyl sites for hydroxylation is 1. The van der Waals surface area contributed by atoms with Gasteiger partial charge >= 0.3 is 0 Å². The van der Waals surface area contributed by atoms with E-state index in [4.69, 9.17) is 11.6 Å². The number of halogens is 2. The summed E-state index contributed by atoms with van der Waals surface area (Å²) in [5.41, 5.74) is 2.19. The first-order chi connectivity index (χ1) is 7.20. The van der Waals surface area contributed by atoms with Crippen molar-refractivity contribution in [2.45, 2.75) is 12.8 Å². The van der Waals surface area contributed by atoms with Gasteiger partial charge in [-0.3, -0.25) is 0 Å². The van der Waals surface area contributed by atoms with Crippen LogP contribution in [0.1, 0.15) is 11.4 Å². The Bertz CT molecular complexity index is 479. The molecule has 0 unspecified atom stereocenters. The number of hydrogen-bond acceptors (Lipinski definition) is 1. The van der Waals surface area contributed by atoms with E-state index in [0.29, 0.717) is 23.0 Å². The maximum absolute atomic E-state index is 13.5. The van der Waals surface area contributed by atoms with Gasteiger partial charge in [0, 0.05) is 5.56 Å². The minimum absolute atomic E-state index is 0.259. The van der Waals surface area contributed by atoms with Crippen molar-refractivity contribution in [3.63, 3.8) is 0 Å². The molecule has 0 saturated heterocycles. The van der Waals surface area contributed by atoms with Crippen molar-refractivity contribution in [1.29, 1.82) is 0 Å². The smallest absolute Gasteiger partial charge is 0.132 e. The molecule has 1 aromatic heterocycles. The topological polar surface area (TPSA) is 28.7 Å². The Morgan fingerprint density at radius 1 is 1.47 bits per heavy atom. The van der Waals surface area contributed by atoms with E-state index in [-0.39, 0.29) is 5.82 Å². The van der Waals surface area contributed by atoms with Crippen molar-refractivity contribution >= 4 is 11.6 Å². The van der Waals surface area contributed by atoms with E-state index in [1.54, 1.807) is 18.3 Å². The molecule has 4 heteroatoms. The van der Waals surface area contributed by atoms with Gasteiger partial charge in [-0.15, -0.1) is 11.6 Å². The average molecular weight is 225 g/mol. The maximum atomic E-state index is 13.5. The molecule has 2 nitrogen and oxygen atoms in total. The van der Waals surface area contributed by atoms with Crippen molar-refractivity contribution < 1.29 is 4.39 Å². The molecule has 0 fully saturated rings. The van der Waals surface area contributed by atoms with Crippen LogP contribution < -0.4 is 0 Å². The highest BCUT2D eigenvalue weighted by Gasteiger charge is 2.07. The van der Waals surface area contributed by atoms with Crippen LogP contribution in [0, 0.1) is 12.7 Å². The van der Waals surface area contributed by atoms with Gasteiger partial charge < -0.3 is 4.98 Å². The highest BCUT2D eigenvalue weighted by Crippen LogP contribution is 2.22. The van der Waals surface area contributed by atoms with Gasteiger partial charge in [-0.2, -0.15) is 0 Å². The number of benzene rings is 1. The van der Waals surface area contributed by atoms with Gasteiger partial charge in [-0.25, -0.2) is 9.37 Å². The summed E-state index contributed by atoms with van der Waals surface area (Å²) in [6.45, 7) is 1.92. The summed E-state index contributed by atoms with van der Waals surface area (Å²) >= 11 is 5.61. The Kier molecular flexibility index (Phi) is 2.73. The van der Waals surface area contributed by atoms with Crippen LogP contribution in [-0.2, 0) is 5.88 Å². The van der Waals surface area contributed by atoms with Gasteiger partial charge in [-0.1, -0.05) is 11.6 Å². The second kappa shape index (κ2) is 4.03. The molecule has 1 heterocycles. The summed E-state index contributed by atoms with van der Waals surface area (Å²) in [7, 11) is 0. The number of imidazole rings is 1. The van der Waals surface area contributed by atoms with Crippen molar-refractivity contribution in [1.82, 2.24) is 9.97 Å². The third-order valence-electron chi connectivity index (χ3n) is 2.17. The average Bonchev–Trinajstić information content (AvgIpc) is 2.70. The second-order valence-electron chi connectivity index (χ2n) is 3.36. The quantitative estimate of drug-likeness (QED) is 0.780. The lowest BCUT2D eigenvalue weighted by Gasteiger charge is -2.01. The van der Waals surface area contributed by atoms with E-state index >= 15 is 0 Å². The van der Waals surface area contributed by atoms with Gasteiger partial charge in [0.25, 0.3) is 0 Å². The van der Waals surface area contributed by atoms with Crippen LogP contribution in [0.5, 0.6) is 0 Å². The summed E-state index contributed by atoms with van der Waals surface area (Å²) in [5.74, 6) is 0.686. The van der Waals surface area contributed by atoms with Crippen molar-refractivity contribution in [3.05, 3.63) is 41.6 Å². The van der Waals surface area contributed by atoms with E-state index in [9.17, 15) is 4.39 Å². The van der Waals surface area contributed by atoms with Crippen molar-refractivity contribution in [2.75, 3.05) is 0 Å². The number of alkyl halides is 1. The lowest BCUT2D eigenvalue weighted by Crippen LogP contribution is -1.86. The zero-order chi connectivity index (χ0) is 10.8. The fraction of sp³-hybridized carbons (Fsp3) is 0.182. The van der Waals surface area contributed by atoms with Gasteiger partial charge in [0.1, 0.15) is 11.6 Å². The molecular formula is C11H10ClFN2. The van der Waals surface area contributed by atoms with Gasteiger partial charge in [0.15, 0.2) is 0 Å². The third-order valence-corrected chi connectivity index (χ3v) is 2.42. The zero-order valence-corrected chi connectivity index (χ0v) is 8.98. The van der Waals surface area contributed by atoms with Crippen LogP contribution in [0.25, 0.3) is 11.3 Å². The molecule has 78 valence electrons. The minimum Gasteiger partial charge on any atom is -0.341 e. The van der Waals surface area contributed by atoms with Crippen molar-refractivity contribution in [2.24, 2.45) is 0 Å². The molecule has 0 aliphatic carbocycles. The summed E-state index contributed by atoms with van der Waals surface area (Å²) in [5, 5.41) is 0. The van der Waals surface area contributed by atoms with Crippen LogP contribution in [0.4, 0.5) is 4.39 Å². The maximum Gasteiger partial charge on any atom is 0.132 e. The van der Waals surface area contributed by atoms with E-state index < -0.39 is 0 Å². The number of aromatic amines is 1. The third kappa shape index (κ3) is 2.02. The monoisotopic (exact) mass is 224 g/mol. The Morgan fingerprint density at radius 3 is 2.93 bits per heavy atom. The number of rotatable bonds is 2. The fourth-order valence-electron chi connectivity index (χ4n) is 1.41. The molecule has 1 N–H and O–H groups in total. The standard InChI is InChI=1S/C11H10ClFN2/c1-7-2-3-9(13)8(4-7)10-6-14-11(5-12)15-10/h2-4,6H,5H2,1H3,(H,14,15). The molecule has 0 aliphatic rings. The Balaban J connectivity index is 2.48. The second-order valence-corrected chi connectivity index (χ2v) is 3.63. The van der Waals surface area contributed by atoms with Gasteiger partial charge in [-0.05, 0) is 19.1 Å². The largest absolute Gasteiger partial charge is 0.341 e. The van der Waals surface area contributed by atoms with Crippen LogP contribution in [0.15, 0.2) is 24.4 Å². The summed E-state index contributed by atoms with van der Waals surface area (Å²) in [6.07, 6.45) is 1.59. The number of H-pyrrole nitrogens is 1. The van der Waals surface area contributed by atoms with E-state index in [1.807, 2.05) is 6.92 Å². The molecule has 0 radical (unpaired) electrons. The van der Waals surface area contributed by atoms with Crippen LogP contribution >= 0.6 is 11.6 Å². The lowest BCUT2D eigenvalue weighted by molar-refractivity contribution is 0.630. The number of hydrogen-bond donors (Lipinski definition) is 1. The molecule has 0 amide bonds. The van der Waals surface area contributed by atoms with Crippen LogP contribution in [0.3, 0.4) is 0 Å². The predicted octanol–water partition coefficient (Wildman–Crippen LogP) is 3.26. The highest BCUT2D eigenvalue weighted by atomic mass is 35.5. The Morgan fingerprint density at radius 2 is 2.27 bits per heavy atom. The molecule has 0 spiro atoms. The van der Waals surface area contributed by atoms with Crippen molar-refractivity contribution in [3.8, 4) is 11.3 Å². The SMILES string of the molecule is Cc1ccc(F)c(-c2cnc(CCl)[nH]2)c1. The molecule has 2 aromatic rings. The number of nitrogens with one attached hydrogen (secondary N) is 1. The minimum atomic E-state index is -0.259. The molecule has 0 aliphatic heterocycles. The van der Waals surface area contributed by atoms with E-state index in [0.717, 1.165) is 5.56 Å². The van der Waals surface area contributed by atoms with Gasteiger partial charge in [0.2, 0.25) is 0 Å². The summed E-state index contributed by atoms with van der Waals surface area (Å²) in [4.78, 5) is 6.99. The lowest BCUT2D eigenvalue weighted by atomic mass is 10.1. The predicted molar refractivity (Wildman–Crippen MR) is 58.3 cm³/mol. The summed E-state index contributed by atoms with van der Waals surface area (Å²) in [6, 6.07) is 4.96. The number of aromatic nitrogens is 2. The van der Waals surface area contributed by atoms with Crippen LogP contribution in [-0.4, -0.2) is 9.97 Å². The Labute approximate surface area is 92.1 Å². The normalized spacial score (nSPS) is 10.6. The summed E-state index contributed by atoms with van der Waals surface area (Å²) < 4.78 is 13.5. The Hall–Kier alpha value is -1.35. The zero-order valence-electron chi connectivity index (χ0n) is 8.22. The van der Waals surface area contributed by atoms with Crippen LogP contribution in [0.2, 0.25) is 0 Å². The molecule has 0 bridgehead atoms. The number of nitrogens with zero attached hydrogens (tertiary/aromatic N) is 1. The molecule has 15 heavy (non-hydrogen) atoms. The molecule has 1 aromatic carbocycles. The first-order valence-corrected chi connectivity index (χ1v) is 5.10. The molecule has 2 rings (SSSR count). The first-order valence-electron chi connectivity index (χ1n) is 4.57. The van der Waals surface area contributed by atoms with Gasteiger partial charge in [0.05, 0.1) is 17.8 Å². The molecular weight excluding hydrogens is 215 g/mol. The molecule has 0 atom stereocenters.